The lowest BCUT2D eigenvalue weighted by molar-refractivity contribution is 0.290. The third-order valence-electron chi connectivity index (χ3n) is 2.91. The van der Waals surface area contributed by atoms with Crippen LogP contribution in [0.3, 0.4) is 0 Å². The molecule has 4 heteroatoms. The number of benzene rings is 2. The van der Waals surface area contributed by atoms with Crippen LogP contribution in [-0.4, -0.2) is 6.54 Å². The molecule has 2 aromatic carbocycles. The van der Waals surface area contributed by atoms with Gasteiger partial charge in [0.1, 0.15) is 6.61 Å². The smallest absolute Gasteiger partial charge is 0.183 e. The van der Waals surface area contributed by atoms with Gasteiger partial charge in [-0.1, -0.05) is 48.9 Å². The Balaban J connectivity index is 1.95. The number of ether oxygens (including phenoxy) is 1. The second kappa shape index (κ2) is 7.27. The van der Waals surface area contributed by atoms with E-state index in [4.69, 9.17) is 16.3 Å². The van der Waals surface area contributed by atoms with Crippen molar-refractivity contribution < 1.29 is 9.13 Å². The minimum atomic E-state index is -0.516. The Morgan fingerprint density at radius 1 is 1.10 bits per heavy atom. The van der Waals surface area contributed by atoms with Crippen LogP contribution in [0.2, 0.25) is 5.02 Å². The van der Waals surface area contributed by atoms with Crippen molar-refractivity contribution >= 4 is 11.6 Å². The van der Waals surface area contributed by atoms with E-state index < -0.39 is 5.82 Å². The van der Waals surface area contributed by atoms with Crippen LogP contribution in [0.4, 0.5) is 4.39 Å². The molecule has 0 amide bonds. The summed E-state index contributed by atoms with van der Waals surface area (Å²) in [5.41, 5.74) is 2.20. The molecular formula is C16H17ClFNO. The minimum Gasteiger partial charge on any atom is -0.486 e. The highest BCUT2D eigenvalue weighted by atomic mass is 35.5. The SMILES string of the molecule is CCNCc1ccc(COc2cccc(Cl)c2F)cc1. The van der Waals surface area contributed by atoms with Gasteiger partial charge in [0.15, 0.2) is 11.6 Å². The Kier molecular flexibility index (Phi) is 5.39. The van der Waals surface area contributed by atoms with Gasteiger partial charge in [0.05, 0.1) is 5.02 Å². The molecule has 2 aromatic rings. The molecule has 0 atom stereocenters. The van der Waals surface area contributed by atoms with Gasteiger partial charge in [-0.2, -0.15) is 0 Å². The van der Waals surface area contributed by atoms with Crippen LogP contribution in [0.1, 0.15) is 18.1 Å². The summed E-state index contributed by atoms with van der Waals surface area (Å²) in [4.78, 5) is 0. The zero-order valence-electron chi connectivity index (χ0n) is 11.3. The molecule has 106 valence electrons. The number of rotatable bonds is 6. The lowest BCUT2D eigenvalue weighted by Crippen LogP contribution is -2.11. The summed E-state index contributed by atoms with van der Waals surface area (Å²) in [6.45, 7) is 4.18. The molecule has 2 nitrogen and oxygen atoms in total. The van der Waals surface area contributed by atoms with Gasteiger partial charge in [-0.3, -0.25) is 0 Å². The van der Waals surface area contributed by atoms with E-state index in [0.29, 0.717) is 6.61 Å². The molecule has 1 N–H and O–H groups in total. The molecule has 0 spiro atoms. The number of hydrogen-bond donors (Lipinski definition) is 1. The third-order valence-corrected chi connectivity index (χ3v) is 3.20. The van der Waals surface area contributed by atoms with Crippen molar-refractivity contribution in [3.63, 3.8) is 0 Å². The molecule has 2 rings (SSSR count). The molecule has 0 bridgehead atoms. The molecule has 0 aliphatic heterocycles. The van der Waals surface area contributed by atoms with E-state index in [1.165, 1.54) is 11.6 Å². The normalized spacial score (nSPS) is 10.6. The fourth-order valence-corrected chi connectivity index (χ4v) is 1.95. The zero-order valence-corrected chi connectivity index (χ0v) is 12.1. The highest BCUT2D eigenvalue weighted by molar-refractivity contribution is 6.30. The van der Waals surface area contributed by atoms with Gasteiger partial charge in [-0.15, -0.1) is 0 Å². The van der Waals surface area contributed by atoms with Crippen LogP contribution < -0.4 is 10.1 Å². The van der Waals surface area contributed by atoms with Crippen LogP contribution in [0.5, 0.6) is 5.75 Å². The lowest BCUT2D eigenvalue weighted by atomic mass is 10.1. The first kappa shape index (κ1) is 14.8. The second-order valence-electron chi connectivity index (χ2n) is 4.44. The highest BCUT2D eigenvalue weighted by Gasteiger charge is 2.07. The maximum atomic E-state index is 13.6. The van der Waals surface area contributed by atoms with Crippen molar-refractivity contribution in [3.8, 4) is 5.75 Å². The van der Waals surface area contributed by atoms with Crippen molar-refractivity contribution in [3.05, 3.63) is 64.4 Å². The molecule has 0 unspecified atom stereocenters. The molecule has 0 aliphatic carbocycles. The summed E-state index contributed by atoms with van der Waals surface area (Å²) in [6.07, 6.45) is 0. The van der Waals surface area contributed by atoms with Crippen LogP contribution in [0, 0.1) is 5.82 Å². The molecule has 0 aliphatic rings. The molecule has 0 radical (unpaired) electrons. The van der Waals surface area contributed by atoms with Crippen LogP contribution in [-0.2, 0) is 13.2 Å². The Hall–Kier alpha value is -1.58. The van der Waals surface area contributed by atoms with Gasteiger partial charge >= 0.3 is 0 Å². The highest BCUT2D eigenvalue weighted by Crippen LogP contribution is 2.24. The van der Waals surface area contributed by atoms with Crippen molar-refractivity contribution in [2.24, 2.45) is 0 Å². The van der Waals surface area contributed by atoms with Gasteiger partial charge in [0.25, 0.3) is 0 Å². The van der Waals surface area contributed by atoms with Crippen molar-refractivity contribution in [2.45, 2.75) is 20.1 Å². The summed E-state index contributed by atoms with van der Waals surface area (Å²) in [5.74, 6) is -0.341. The van der Waals surface area contributed by atoms with Crippen molar-refractivity contribution in [2.75, 3.05) is 6.54 Å². The predicted octanol–water partition coefficient (Wildman–Crippen LogP) is 4.17. The molecule has 0 saturated heterocycles. The number of halogens is 2. The van der Waals surface area contributed by atoms with Gasteiger partial charge in [0.2, 0.25) is 0 Å². The average Bonchev–Trinajstić information content (AvgIpc) is 2.48. The summed E-state index contributed by atoms with van der Waals surface area (Å²) >= 11 is 5.70. The largest absolute Gasteiger partial charge is 0.486 e. The van der Waals surface area contributed by atoms with Crippen LogP contribution >= 0.6 is 11.6 Å². The van der Waals surface area contributed by atoms with Gasteiger partial charge in [-0.25, -0.2) is 4.39 Å². The summed E-state index contributed by atoms with van der Waals surface area (Å²) in [5, 5.41) is 3.33. The molecule has 20 heavy (non-hydrogen) atoms. The Morgan fingerprint density at radius 2 is 1.80 bits per heavy atom. The molecule has 0 heterocycles. The maximum Gasteiger partial charge on any atom is 0.183 e. The first-order valence-electron chi connectivity index (χ1n) is 6.56. The Bertz CT molecular complexity index is 557. The Labute approximate surface area is 123 Å². The summed E-state index contributed by atoms with van der Waals surface area (Å²) in [7, 11) is 0. The van der Waals surface area contributed by atoms with E-state index in [1.807, 2.05) is 24.3 Å². The molecule has 0 fully saturated rings. The van der Waals surface area contributed by atoms with Crippen LogP contribution in [0.15, 0.2) is 42.5 Å². The van der Waals surface area contributed by atoms with Gasteiger partial charge < -0.3 is 10.1 Å². The van der Waals surface area contributed by atoms with E-state index in [-0.39, 0.29) is 10.8 Å². The van der Waals surface area contributed by atoms with Gasteiger partial charge in [-0.05, 0) is 29.8 Å². The van der Waals surface area contributed by atoms with Crippen molar-refractivity contribution in [1.29, 1.82) is 0 Å². The first-order chi connectivity index (χ1) is 9.70. The van der Waals surface area contributed by atoms with E-state index in [2.05, 4.69) is 12.2 Å². The van der Waals surface area contributed by atoms with E-state index in [0.717, 1.165) is 18.7 Å². The minimum absolute atomic E-state index is 0.0727. The van der Waals surface area contributed by atoms with E-state index in [1.54, 1.807) is 12.1 Å². The second-order valence-corrected chi connectivity index (χ2v) is 4.84. The monoisotopic (exact) mass is 293 g/mol. The number of hydrogen-bond acceptors (Lipinski definition) is 2. The van der Waals surface area contributed by atoms with Gasteiger partial charge in [0, 0.05) is 6.54 Å². The van der Waals surface area contributed by atoms with E-state index in [9.17, 15) is 4.39 Å². The number of nitrogens with one attached hydrogen (secondary N) is 1. The van der Waals surface area contributed by atoms with Crippen LogP contribution in [0.25, 0.3) is 0 Å². The maximum absolute atomic E-state index is 13.6. The molecule has 0 aromatic heterocycles. The topological polar surface area (TPSA) is 21.3 Å². The zero-order chi connectivity index (χ0) is 14.4. The fourth-order valence-electron chi connectivity index (χ4n) is 1.78. The predicted molar refractivity (Wildman–Crippen MR) is 79.6 cm³/mol. The quantitative estimate of drug-likeness (QED) is 0.863. The van der Waals surface area contributed by atoms with E-state index >= 15 is 0 Å². The fraction of sp³-hybridized carbons (Fsp3) is 0.250. The lowest BCUT2D eigenvalue weighted by Gasteiger charge is -2.09. The third kappa shape index (κ3) is 3.95. The first-order valence-corrected chi connectivity index (χ1v) is 6.94. The molecular weight excluding hydrogens is 277 g/mol. The van der Waals surface area contributed by atoms with Crippen molar-refractivity contribution in [1.82, 2.24) is 5.32 Å². The Morgan fingerprint density at radius 3 is 2.50 bits per heavy atom. The summed E-state index contributed by atoms with van der Waals surface area (Å²) in [6, 6.07) is 12.8. The molecule has 0 saturated carbocycles. The standard InChI is InChI=1S/C16H17ClFNO/c1-2-19-10-12-6-8-13(9-7-12)11-20-15-5-3-4-14(17)16(15)18/h3-9,19H,2,10-11H2,1H3. The summed E-state index contributed by atoms with van der Waals surface area (Å²) < 4.78 is 19.1. The average molecular weight is 294 g/mol.